The predicted molar refractivity (Wildman–Crippen MR) is 59.0 cm³/mol. The van der Waals surface area contributed by atoms with Crippen LogP contribution < -0.4 is 4.74 Å². The third kappa shape index (κ3) is 2.36. The van der Waals surface area contributed by atoms with Gasteiger partial charge in [0, 0.05) is 11.6 Å². The number of carbonyl (C=O) groups is 1. The first-order valence-electron chi connectivity index (χ1n) is 4.90. The zero-order valence-corrected chi connectivity index (χ0v) is 9.44. The third-order valence-corrected chi connectivity index (χ3v) is 2.18. The molecule has 16 heavy (non-hydrogen) atoms. The zero-order valence-electron chi connectivity index (χ0n) is 9.44. The Hall–Kier alpha value is -1.91. The molecule has 0 aliphatic rings. The van der Waals surface area contributed by atoms with Crippen molar-refractivity contribution in [2.75, 3.05) is 6.61 Å². The second-order valence-corrected chi connectivity index (χ2v) is 3.38. The summed E-state index contributed by atoms with van der Waals surface area (Å²) in [6.45, 7) is 5.20. The molecule has 0 spiro atoms. The molecule has 0 radical (unpaired) electrons. The van der Waals surface area contributed by atoms with E-state index in [0.29, 0.717) is 17.7 Å². The van der Waals surface area contributed by atoms with E-state index < -0.39 is 4.92 Å². The number of Topliss-reactive ketones (excluding diaryl/α,β-unsaturated/α-hetero) is 1. The Morgan fingerprint density at radius 1 is 1.50 bits per heavy atom. The van der Waals surface area contributed by atoms with E-state index in [1.807, 2.05) is 0 Å². The van der Waals surface area contributed by atoms with E-state index in [-0.39, 0.29) is 17.2 Å². The Morgan fingerprint density at radius 3 is 2.56 bits per heavy atom. The van der Waals surface area contributed by atoms with Gasteiger partial charge in [0.1, 0.15) is 0 Å². The van der Waals surface area contributed by atoms with Gasteiger partial charge in [-0.25, -0.2) is 0 Å². The number of benzene rings is 1. The second-order valence-electron chi connectivity index (χ2n) is 3.38. The number of hydrogen-bond donors (Lipinski definition) is 0. The zero-order chi connectivity index (χ0) is 12.3. The average Bonchev–Trinajstić information content (AvgIpc) is 2.17. The number of nitro benzene ring substituents is 1. The van der Waals surface area contributed by atoms with Crippen molar-refractivity contribution in [1.29, 1.82) is 0 Å². The van der Waals surface area contributed by atoms with E-state index in [4.69, 9.17) is 4.74 Å². The van der Waals surface area contributed by atoms with Crippen molar-refractivity contribution >= 4 is 11.5 Å². The molecule has 0 aliphatic heterocycles. The quantitative estimate of drug-likeness (QED) is 0.446. The number of hydrogen-bond acceptors (Lipinski definition) is 4. The summed E-state index contributed by atoms with van der Waals surface area (Å²) in [7, 11) is 0. The Kier molecular flexibility index (Phi) is 3.60. The molecule has 5 heteroatoms. The Labute approximate surface area is 93.2 Å². The Bertz CT molecular complexity index is 440. The van der Waals surface area contributed by atoms with Crippen LogP contribution in [-0.4, -0.2) is 17.3 Å². The third-order valence-electron chi connectivity index (χ3n) is 2.18. The fourth-order valence-corrected chi connectivity index (χ4v) is 1.46. The molecule has 1 aromatic carbocycles. The van der Waals surface area contributed by atoms with Crippen LogP contribution >= 0.6 is 0 Å². The molecule has 0 saturated carbocycles. The molecule has 0 amide bonds. The minimum Gasteiger partial charge on any atom is -0.487 e. The van der Waals surface area contributed by atoms with Crippen LogP contribution in [0.15, 0.2) is 12.1 Å². The van der Waals surface area contributed by atoms with Crippen LogP contribution in [0.1, 0.15) is 29.8 Å². The topological polar surface area (TPSA) is 69.4 Å². The number of ether oxygens (including phenoxy) is 1. The maximum Gasteiger partial charge on any atom is 0.311 e. The SMILES string of the molecule is CCOc1cc(C)c(C(C)=O)cc1[N+](=O)[O-]. The van der Waals surface area contributed by atoms with Crippen molar-refractivity contribution in [2.24, 2.45) is 0 Å². The van der Waals surface area contributed by atoms with Gasteiger partial charge >= 0.3 is 5.69 Å². The molecule has 0 aliphatic carbocycles. The van der Waals surface area contributed by atoms with Crippen molar-refractivity contribution in [3.63, 3.8) is 0 Å². The minimum atomic E-state index is -0.545. The summed E-state index contributed by atoms with van der Waals surface area (Å²) >= 11 is 0. The number of nitrogens with zero attached hydrogens (tertiary/aromatic N) is 1. The normalized spacial score (nSPS) is 9.94. The lowest BCUT2D eigenvalue weighted by Gasteiger charge is -2.07. The lowest BCUT2D eigenvalue weighted by atomic mass is 10.0. The molecule has 0 heterocycles. The van der Waals surface area contributed by atoms with E-state index in [0.717, 1.165) is 0 Å². The number of aryl methyl sites for hydroxylation is 1. The summed E-state index contributed by atoms with van der Waals surface area (Å²) in [4.78, 5) is 21.5. The van der Waals surface area contributed by atoms with Crippen molar-refractivity contribution in [3.8, 4) is 5.75 Å². The highest BCUT2D eigenvalue weighted by atomic mass is 16.6. The van der Waals surface area contributed by atoms with Gasteiger partial charge in [-0.15, -0.1) is 0 Å². The monoisotopic (exact) mass is 223 g/mol. The maximum absolute atomic E-state index is 11.2. The fraction of sp³-hybridized carbons (Fsp3) is 0.364. The standard InChI is InChI=1S/C11H13NO4/c1-4-16-11-5-7(2)9(8(3)13)6-10(11)12(14)15/h5-6H,4H2,1-3H3. The number of nitro groups is 1. The second kappa shape index (κ2) is 4.74. The molecular formula is C11H13NO4. The summed E-state index contributed by atoms with van der Waals surface area (Å²) in [5.74, 6) is 0.0126. The van der Waals surface area contributed by atoms with Gasteiger partial charge in [0.05, 0.1) is 11.5 Å². The molecule has 86 valence electrons. The summed E-state index contributed by atoms with van der Waals surface area (Å²) in [6, 6.07) is 2.79. The van der Waals surface area contributed by atoms with Gasteiger partial charge in [0.2, 0.25) is 0 Å². The van der Waals surface area contributed by atoms with Gasteiger partial charge in [-0.1, -0.05) is 0 Å². The molecule has 0 N–H and O–H groups in total. The highest BCUT2D eigenvalue weighted by Gasteiger charge is 2.19. The van der Waals surface area contributed by atoms with Crippen LogP contribution in [0.25, 0.3) is 0 Å². The van der Waals surface area contributed by atoms with Crippen molar-refractivity contribution in [1.82, 2.24) is 0 Å². The minimum absolute atomic E-state index is 0.169. The fourth-order valence-electron chi connectivity index (χ4n) is 1.46. The van der Waals surface area contributed by atoms with E-state index in [2.05, 4.69) is 0 Å². The van der Waals surface area contributed by atoms with Crippen LogP contribution in [0.4, 0.5) is 5.69 Å². The summed E-state index contributed by atoms with van der Waals surface area (Å²) in [6.07, 6.45) is 0. The highest BCUT2D eigenvalue weighted by Crippen LogP contribution is 2.30. The predicted octanol–water partition coefficient (Wildman–Crippen LogP) is 2.50. The molecule has 0 saturated heterocycles. The van der Waals surface area contributed by atoms with Crippen LogP contribution in [0.5, 0.6) is 5.75 Å². The van der Waals surface area contributed by atoms with Gasteiger partial charge < -0.3 is 4.74 Å². The van der Waals surface area contributed by atoms with E-state index >= 15 is 0 Å². The highest BCUT2D eigenvalue weighted by molar-refractivity contribution is 5.96. The summed E-state index contributed by atoms with van der Waals surface area (Å²) < 4.78 is 5.16. The smallest absolute Gasteiger partial charge is 0.311 e. The Morgan fingerprint density at radius 2 is 2.12 bits per heavy atom. The maximum atomic E-state index is 11.2. The van der Waals surface area contributed by atoms with Gasteiger partial charge in [-0.3, -0.25) is 14.9 Å². The first-order chi connectivity index (χ1) is 7.47. The lowest BCUT2D eigenvalue weighted by molar-refractivity contribution is -0.385. The van der Waals surface area contributed by atoms with E-state index in [1.54, 1.807) is 13.8 Å². The summed E-state index contributed by atoms with van der Waals surface area (Å²) in [5.41, 5.74) is 0.870. The summed E-state index contributed by atoms with van der Waals surface area (Å²) in [5, 5.41) is 10.8. The van der Waals surface area contributed by atoms with Crippen molar-refractivity contribution < 1.29 is 14.5 Å². The number of ketones is 1. The molecule has 0 aromatic heterocycles. The Balaban J connectivity index is 3.36. The van der Waals surface area contributed by atoms with Gasteiger partial charge in [0.25, 0.3) is 0 Å². The first-order valence-corrected chi connectivity index (χ1v) is 4.90. The lowest BCUT2D eigenvalue weighted by Crippen LogP contribution is -2.02. The molecule has 1 aromatic rings. The van der Waals surface area contributed by atoms with Gasteiger partial charge in [0.15, 0.2) is 11.5 Å². The van der Waals surface area contributed by atoms with Crippen LogP contribution in [0.3, 0.4) is 0 Å². The van der Waals surface area contributed by atoms with Crippen LogP contribution in [-0.2, 0) is 0 Å². The first kappa shape index (κ1) is 12.2. The number of carbonyl (C=O) groups excluding carboxylic acids is 1. The average molecular weight is 223 g/mol. The van der Waals surface area contributed by atoms with Gasteiger partial charge in [-0.2, -0.15) is 0 Å². The van der Waals surface area contributed by atoms with Crippen LogP contribution in [0, 0.1) is 17.0 Å². The van der Waals surface area contributed by atoms with Crippen molar-refractivity contribution in [2.45, 2.75) is 20.8 Å². The van der Waals surface area contributed by atoms with Crippen molar-refractivity contribution in [3.05, 3.63) is 33.4 Å². The number of rotatable bonds is 4. The van der Waals surface area contributed by atoms with Gasteiger partial charge in [-0.05, 0) is 32.4 Å². The molecular weight excluding hydrogens is 210 g/mol. The van der Waals surface area contributed by atoms with E-state index in [1.165, 1.54) is 19.1 Å². The molecule has 1 rings (SSSR count). The molecule has 5 nitrogen and oxygen atoms in total. The molecule has 0 bridgehead atoms. The molecule has 0 fully saturated rings. The molecule has 0 atom stereocenters. The largest absolute Gasteiger partial charge is 0.487 e. The van der Waals surface area contributed by atoms with E-state index in [9.17, 15) is 14.9 Å². The van der Waals surface area contributed by atoms with Crippen LogP contribution in [0.2, 0.25) is 0 Å². The molecule has 0 unspecified atom stereocenters.